The lowest BCUT2D eigenvalue weighted by Gasteiger charge is -2.26. The predicted octanol–water partition coefficient (Wildman–Crippen LogP) is -3.26. The van der Waals surface area contributed by atoms with Gasteiger partial charge in [-0.1, -0.05) is 0 Å². The Kier molecular flexibility index (Phi) is 10.8. The standard InChI is InChI=1S/C6H15BNO12P3.C6H12BNO3.2H2/c1-6(8)4(9)3(18-5(6)7)2-17-22(13,14)20-23(15,16)19-21(10,11)12;1-6(8)4(10)3(2-9)11-5(6)7;;/h3-5,9H,2,8H2,1H3,(H,13,14)(H,15,16)(H2,10,11,12);3-5,9-10H,2,8H2,1H3;2*1H/t2*3-,4-,5-,6-;;/m11../s1. The van der Waals surface area contributed by atoms with Crippen LogP contribution in [0.2, 0.25) is 0 Å². The fourth-order valence-electron chi connectivity index (χ4n) is 2.70. The number of nitrogens with two attached hydrogens (primary N) is 2. The van der Waals surface area contributed by atoms with Gasteiger partial charge < -0.3 is 55.8 Å². The molecule has 0 aromatic heterocycles. The maximum Gasteiger partial charge on any atom is 0.490 e. The Labute approximate surface area is 199 Å². The number of ether oxygens (including phenoxy) is 2. The minimum Gasteiger partial charge on any atom is -0.394 e. The molecule has 17 nitrogen and oxygen atoms in total. The van der Waals surface area contributed by atoms with Gasteiger partial charge in [-0.15, -0.1) is 0 Å². The van der Waals surface area contributed by atoms with Gasteiger partial charge in [0.15, 0.2) is 0 Å². The van der Waals surface area contributed by atoms with E-state index in [9.17, 15) is 28.8 Å². The summed E-state index contributed by atoms with van der Waals surface area (Å²) in [4.78, 5) is 34.9. The average molecular weight is 558 g/mol. The first kappa shape index (κ1) is 32.3. The Bertz CT molecular complexity index is 855. The van der Waals surface area contributed by atoms with Gasteiger partial charge in [0.25, 0.3) is 0 Å². The minimum absolute atomic E-state index is 0. The molecule has 11 N–H and O–H groups in total. The Hall–Kier alpha value is 0.260. The maximum atomic E-state index is 11.5. The number of phosphoric acid groups is 3. The number of phosphoric ester groups is 1. The summed E-state index contributed by atoms with van der Waals surface area (Å²) in [6, 6.07) is -1.83. The highest BCUT2D eigenvalue weighted by Gasteiger charge is 2.49. The predicted molar refractivity (Wildman–Crippen MR) is 117 cm³/mol. The molecule has 0 amide bonds. The molecule has 34 heavy (non-hydrogen) atoms. The normalized spacial score (nSPS) is 41.9. The smallest absolute Gasteiger partial charge is 0.394 e. The second-order valence-electron chi connectivity index (χ2n) is 7.88. The molecule has 2 fully saturated rings. The van der Waals surface area contributed by atoms with E-state index in [1.807, 2.05) is 0 Å². The SMILES string of the molecule is [B][C@@H]1O[C@H](CO)[C@@H](O)[C@@]1(C)N.[B][C@@H]1O[C@H](COP(=O)(O)OP(=O)(O)OP(=O)(O)O)[C@@H](O)[C@@]1(C)N.[HH].[HH]. The van der Waals surface area contributed by atoms with Crippen LogP contribution in [0.5, 0.6) is 0 Å². The summed E-state index contributed by atoms with van der Waals surface area (Å²) in [5.41, 5.74) is 8.93. The summed E-state index contributed by atoms with van der Waals surface area (Å²) in [6.07, 6.45) is -4.21. The van der Waals surface area contributed by atoms with Crippen molar-refractivity contribution in [3.63, 3.8) is 0 Å². The third kappa shape index (κ3) is 8.68. The van der Waals surface area contributed by atoms with Gasteiger partial charge in [0.05, 0.1) is 24.3 Å². The number of rotatable bonds is 8. The molecular weight excluding hydrogens is 527 g/mol. The number of hydrogen-bond acceptors (Lipinski definition) is 13. The Morgan fingerprint density at radius 2 is 1.29 bits per heavy atom. The molecule has 2 heterocycles. The first-order valence-corrected chi connectivity index (χ1v) is 13.7. The molecule has 2 rings (SSSR count). The second kappa shape index (κ2) is 11.3. The first-order chi connectivity index (χ1) is 15.1. The van der Waals surface area contributed by atoms with Crippen molar-refractivity contribution in [1.82, 2.24) is 0 Å². The van der Waals surface area contributed by atoms with Crippen LogP contribution in [0, 0.1) is 0 Å². The molecular formula is C12H31B2N2O15P3. The Balaban J connectivity index is 0. The van der Waals surface area contributed by atoms with Crippen molar-refractivity contribution in [3.05, 3.63) is 0 Å². The fraction of sp³-hybridized carbons (Fsp3) is 1.00. The monoisotopic (exact) mass is 558 g/mol. The van der Waals surface area contributed by atoms with E-state index in [-0.39, 0.29) is 9.46 Å². The summed E-state index contributed by atoms with van der Waals surface area (Å²) in [6.45, 7) is 1.86. The Morgan fingerprint density at radius 3 is 1.59 bits per heavy atom. The quantitative estimate of drug-likeness (QED) is 0.104. The summed E-state index contributed by atoms with van der Waals surface area (Å²) in [5, 5.41) is 27.9. The van der Waals surface area contributed by atoms with Gasteiger partial charge in [0.1, 0.15) is 40.1 Å². The van der Waals surface area contributed by atoms with Crippen molar-refractivity contribution in [2.75, 3.05) is 13.2 Å². The molecule has 0 aromatic carbocycles. The largest absolute Gasteiger partial charge is 0.490 e. The van der Waals surface area contributed by atoms with E-state index in [0.717, 1.165) is 0 Å². The summed E-state index contributed by atoms with van der Waals surface area (Å²) < 4.78 is 54.3. The van der Waals surface area contributed by atoms with Crippen LogP contribution in [0.1, 0.15) is 16.7 Å². The van der Waals surface area contributed by atoms with E-state index in [4.69, 9.17) is 56.4 Å². The van der Waals surface area contributed by atoms with E-state index >= 15 is 0 Å². The highest BCUT2D eigenvalue weighted by Crippen LogP contribution is 2.66. The lowest BCUT2D eigenvalue weighted by atomic mass is 9.80. The highest BCUT2D eigenvalue weighted by molar-refractivity contribution is 7.66. The zero-order chi connectivity index (χ0) is 26.9. The molecule has 10 atom stereocenters. The van der Waals surface area contributed by atoms with Crippen molar-refractivity contribution in [2.24, 2.45) is 11.5 Å². The van der Waals surface area contributed by atoms with Gasteiger partial charge in [-0.2, -0.15) is 8.62 Å². The van der Waals surface area contributed by atoms with Gasteiger partial charge in [0, 0.05) is 14.9 Å². The molecule has 2 saturated heterocycles. The van der Waals surface area contributed by atoms with E-state index in [0.29, 0.717) is 0 Å². The van der Waals surface area contributed by atoms with Gasteiger partial charge >= 0.3 is 23.5 Å². The maximum absolute atomic E-state index is 11.5. The minimum atomic E-state index is -5.60. The molecule has 22 heteroatoms. The molecule has 0 aliphatic carbocycles. The van der Waals surface area contributed by atoms with Crippen LogP contribution in [0.25, 0.3) is 0 Å². The molecule has 2 aliphatic heterocycles. The van der Waals surface area contributed by atoms with Crippen molar-refractivity contribution in [2.45, 2.75) is 61.3 Å². The zero-order valence-electron chi connectivity index (χ0n) is 17.9. The van der Waals surface area contributed by atoms with E-state index in [1.54, 1.807) is 6.92 Å². The molecule has 0 spiro atoms. The molecule has 200 valence electrons. The molecule has 4 radical (unpaired) electrons. The van der Waals surface area contributed by atoms with Gasteiger partial charge in [-0.05, 0) is 13.8 Å². The molecule has 0 saturated carbocycles. The van der Waals surface area contributed by atoms with Crippen molar-refractivity contribution in [3.8, 4) is 0 Å². The lowest BCUT2D eigenvalue weighted by Crippen LogP contribution is -2.54. The lowest BCUT2D eigenvalue weighted by molar-refractivity contribution is -0.00549. The Morgan fingerprint density at radius 1 is 0.882 bits per heavy atom. The summed E-state index contributed by atoms with van der Waals surface area (Å²) in [5.74, 6) is 0. The third-order valence-corrected chi connectivity index (χ3v) is 8.65. The summed E-state index contributed by atoms with van der Waals surface area (Å²) >= 11 is 0. The molecule has 2 aliphatic rings. The van der Waals surface area contributed by atoms with Crippen LogP contribution < -0.4 is 11.5 Å². The van der Waals surface area contributed by atoms with Crippen LogP contribution in [0.15, 0.2) is 0 Å². The number of aliphatic hydroxyl groups is 3. The van der Waals surface area contributed by atoms with Crippen LogP contribution >= 0.6 is 23.5 Å². The topological polar surface area (TPSA) is 291 Å². The van der Waals surface area contributed by atoms with Gasteiger partial charge in [-0.3, -0.25) is 4.52 Å². The molecule has 0 aromatic rings. The van der Waals surface area contributed by atoms with E-state index in [2.05, 4.69) is 13.1 Å². The van der Waals surface area contributed by atoms with Crippen molar-refractivity contribution in [1.29, 1.82) is 0 Å². The van der Waals surface area contributed by atoms with E-state index < -0.39 is 77.6 Å². The third-order valence-electron chi connectivity index (χ3n) is 4.85. The van der Waals surface area contributed by atoms with E-state index in [1.165, 1.54) is 6.92 Å². The van der Waals surface area contributed by atoms with Crippen LogP contribution in [0.3, 0.4) is 0 Å². The first-order valence-electron chi connectivity index (χ1n) is 9.21. The molecule has 0 bridgehead atoms. The summed E-state index contributed by atoms with van der Waals surface area (Å²) in [7, 11) is -5.43. The average Bonchev–Trinajstić information content (AvgIpc) is 2.95. The van der Waals surface area contributed by atoms with Crippen molar-refractivity contribution < 1.29 is 74.1 Å². The van der Waals surface area contributed by atoms with Crippen LogP contribution in [-0.2, 0) is 36.3 Å². The van der Waals surface area contributed by atoms with Gasteiger partial charge in [-0.25, -0.2) is 13.7 Å². The van der Waals surface area contributed by atoms with Gasteiger partial charge in [0.2, 0.25) is 0 Å². The number of hydrogen-bond donors (Lipinski definition) is 9. The van der Waals surface area contributed by atoms with Crippen LogP contribution in [0.4, 0.5) is 0 Å². The van der Waals surface area contributed by atoms with Crippen molar-refractivity contribution >= 4 is 39.2 Å². The fourth-order valence-corrected chi connectivity index (χ4v) is 5.73. The number of aliphatic hydroxyl groups excluding tert-OH is 3. The van der Waals surface area contributed by atoms with Crippen LogP contribution in [-0.4, -0.2) is 111 Å². The highest BCUT2D eigenvalue weighted by atomic mass is 31.3. The zero-order valence-corrected chi connectivity index (χ0v) is 20.6. The second-order valence-corrected chi connectivity index (χ2v) is 12.3. The molecule has 2 unspecified atom stereocenters.